The number of para-hydroxylation sites is 1. The molecule has 34 heavy (non-hydrogen) atoms. The molecular weight excluding hydrogens is 414 g/mol. The number of pyridine rings is 1. The number of benzene rings is 3. The largest absolute Gasteiger partial charge is 0.313 e. The van der Waals surface area contributed by atoms with Crippen LogP contribution in [0.2, 0.25) is 0 Å². The van der Waals surface area contributed by atoms with Gasteiger partial charge in [-0.2, -0.15) is 0 Å². The Morgan fingerprint density at radius 1 is 0.647 bits per heavy atom. The Morgan fingerprint density at radius 2 is 1.41 bits per heavy atom. The molecule has 164 valence electrons. The summed E-state index contributed by atoms with van der Waals surface area (Å²) in [4.78, 5) is 5.03. The first kappa shape index (κ1) is 19.4. The van der Waals surface area contributed by atoms with Gasteiger partial charge in [0, 0.05) is 34.1 Å². The smallest absolute Gasteiger partial charge is 0.137 e. The topological polar surface area (TPSA) is 22.2 Å². The van der Waals surface area contributed by atoms with E-state index in [4.69, 9.17) is 4.98 Å². The maximum atomic E-state index is 5.03. The highest BCUT2D eigenvalue weighted by Crippen LogP contribution is 2.36. The molecule has 0 N–H and O–H groups in total. The number of hydrogen-bond acceptors (Lipinski definition) is 1. The van der Waals surface area contributed by atoms with E-state index in [2.05, 4.69) is 106 Å². The van der Waals surface area contributed by atoms with Crippen molar-refractivity contribution in [2.24, 2.45) is 0 Å². The van der Waals surface area contributed by atoms with Crippen LogP contribution < -0.4 is 0 Å². The molecule has 3 heteroatoms. The summed E-state index contributed by atoms with van der Waals surface area (Å²) in [7, 11) is 0. The number of fused-ring (bicyclic) bond motifs is 4. The molecule has 3 nitrogen and oxygen atoms in total. The van der Waals surface area contributed by atoms with Gasteiger partial charge in [-0.3, -0.25) is 4.40 Å². The van der Waals surface area contributed by atoms with Gasteiger partial charge in [0.05, 0.1) is 16.9 Å². The Bertz CT molecular complexity index is 1640. The van der Waals surface area contributed by atoms with E-state index in [0.29, 0.717) is 0 Å². The molecule has 0 aliphatic heterocycles. The Hall–Kier alpha value is -4.11. The van der Waals surface area contributed by atoms with Crippen molar-refractivity contribution >= 4 is 16.6 Å². The predicted molar refractivity (Wildman–Crippen MR) is 140 cm³/mol. The molecule has 0 spiro atoms. The third-order valence-electron chi connectivity index (χ3n) is 7.15. The fraction of sp³-hybridized carbons (Fsp3) is 0.129. The summed E-state index contributed by atoms with van der Waals surface area (Å²) in [5.41, 5.74) is 11.0. The highest BCUT2D eigenvalue weighted by atomic mass is 15.0. The maximum Gasteiger partial charge on any atom is 0.137 e. The van der Waals surface area contributed by atoms with Crippen molar-refractivity contribution < 1.29 is 0 Å². The molecular formula is C31H25N3. The van der Waals surface area contributed by atoms with Gasteiger partial charge in [0.25, 0.3) is 0 Å². The summed E-state index contributed by atoms with van der Waals surface area (Å²) in [5.74, 6) is 0. The lowest BCUT2D eigenvalue weighted by atomic mass is 9.95. The molecule has 3 heterocycles. The average Bonchev–Trinajstić information content (AvgIpc) is 3.46. The molecule has 0 atom stereocenters. The van der Waals surface area contributed by atoms with E-state index >= 15 is 0 Å². The fourth-order valence-electron chi connectivity index (χ4n) is 5.63. The first-order valence-corrected chi connectivity index (χ1v) is 12.1. The van der Waals surface area contributed by atoms with E-state index in [0.717, 1.165) is 29.0 Å². The van der Waals surface area contributed by atoms with Crippen molar-refractivity contribution in [2.75, 3.05) is 0 Å². The van der Waals surface area contributed by atoms with Gasteiger partial charge in [-0.05, 0) is 61.6 Å². The summed E-state index contributed by atoms with van der Waals surface area (Å²) in [6.07, 6.45) is 6.99. The van der Waals surface area contributed by atoms with E-state index in [9.17, 15) is 0 Å². The van der Waals surface area contributed by atoms with E-state index in [1.165, 1.54) is 52.7 Å². The lowest BCUT2D eigenvalue weighted by Gasteiger charge is -2.16. The van der Waals surface area contributed by atoms with Gasteiger partial charge in [-0.15, -0.1) is 0 Å². The first-order chi connectivity index (χ1) is 16.9. The van der Waals surface area contributed by atoms with E-state index in [1.807, 2.05) is 6.07 Å². The fourth-order valence-corrected chi connectivity index (χ4v) is 5.63. The van der Waals surface area contributed by atoms with Crippen LogP contribution in [-0.2, 0) is 12.8 Å². The molecule has 1 aliphatic carbocycles. The van der Waals surface area contributed by atoms with Gasteiger partial charge in [0.15, 0.2) is 0 Å². The van der Waals surface area contributed by atoms with Crippen molar-refractivity contribution in [1.29, 1.82) is 0 Å². The number of aromatic nitrogens is 3. The molecule has 0 amide bonds. The zero-order valence-electron chi connectivity index (χ0n) is 19.0. The van der Waals surface area contributed by atoms with Crippen LogP contribution in [-0.4, -0.2) is 14.0 Å². The number of hydrogen-bond donors (Lipinski definition) is 0. The quantitative estimate of drug-likeness (QED) is 0.280. The van der Waals surface area contributed by atoms with Crippen LogP contribution in [0.4, 0.5) is 0 Å². The molecule has 6 aromatic rings. The summed E-state index contributed by atoms with van der Waals surface area (Å²) in [5, 5.41) is 1.41. The standard InChI is InChI=1S/C31H25N3/c1-2-10-23(11-3-1)31-30(32-29-16-8-9-21-33(29)31)22-17-19-24(20-18-22)34-27-14-6-4-12-25(27)26-13-5-7-15-28(26)34/h1-4,6,8-12,14,16-21H,5,7,13,15H2. The first-order valence-electron chi connectivity index (χ1n) is 12.1. The van der Waals surface area contributed by atoms with Crippen LogP contribution in [0.5, 0.6) is 0 Å². The van der Waals surface area contributed by atoms with Gasteiger partial charge in [-0.25, -0.2) is 4.98 Å². The molecule has 3 aromatic heterocycles. The van der Waals surface area contributed by atoms with Crippen LogP contribution in [0.1, 0.15) is 24.1 Å². The zero-order valence-corrected chi connectivity index (χ0v) is 19.0. The third-order valence-corrected chi connectivity index (χ3v) is 7.15. The van der Waals surface area contributed by atoms with Crippen LogP contribution in [0.25, 0.3) is 44.8 Å². The highest BCUT2D eigenvalue weighted by molar-refractivity contribution is 5.88. The average molecular weight is 440 g/mol. The SMILES string of the molecule is c1ccc(-c2c(-c3ccc(-n4c5c(c6ccccc64)CCCC5)cc3)nc3ccccn23)cc1. The molecule has 0 saturated heterocycles. The van der Waals surface area contributed by atoms with Crippen LogP contribution in [0, 0.1) is 0 Å². The minimum Gasteiger partial charge on any atom is -0.313 e. The Morgan fingerprint density at radius 3 is 2.29 bits per heavy atom. The van der Waals surface area contributed by atoms with Crippen molar-refractivity contribution in [3.63, 3.8) is 0 Å². The summed E-state index contributed by atoms with van der Waals surface area (Å²) >= 11 is 0. The molecule has 0 radical (unpaired) electrons. The van der Waals surface area contributed by atoms with Crippen LogP contribution in [0.3, 0.4) is 0 Å². The summed E-state index contributed by atoms with van der Waals surface area (Å²) in [6.45, 7) is 0. The van der Waals surface area contributed by atoms with Crippen molar-refractivity contribution in [1.82, 2.24) is 14.0 Å². The van der Waals surface area contributed by atoms with E-state index in [1.54, 1.807) is 0 Å². The molecule has 0 saturated carbocycles. The van der Waals surface area contributed by atoms with Gasteiger partial charge >= 0.3 is 0 Å². The van der Waals surface area contributed by atoms with E-state index < -0.39 is 0 Å². The maximum absolute atomic E-state index is 5.03. The molecule has 0 bridgehead atoms. The second-order valence-electron chi connectivity index (χ2n) is 9.14. The minimum atomic E-state index is 0.964. The summed E-state index contributed by atoms with van der Waals surface area (Å²) in [6, 6.07) is 34.6. The predicted octanol–water partition coefficient (Wildman–Crippen LogP) is 7.49. The monoisotopic (exact) mass is 439 g/mol. The normalized spacial score (nSPS) is 13.4. The number of aryl methyl sites for hydroxylation is 1. The zero-order chi connectivity index (χ0) is 22.5. The Kier molecular flexibility index (Phi) is 4.41. The van der Waals surface area contributed by atoms with Crippen molar-refractivity contribution in [2.45, 2.75) is 25.7 Å². The van der Waals surface area contributed by atoms with Gasteiger partial charge in [0.1, 0.15) is 5.65 Å². The lowest BCUT2D eigenvalue weighted by molar-refractivity contribution is 0.667. The molecule has 3 aromatic carbocycles. The number of nitrogens with zero attached hydrogens (tertiary/aromatic N) is 3. The molecule has 0 fully saturated rings. The second-order valence-corrected chi connectivity index (χ2v) is 9.14. The molecule has 7 rings (SSSR count). The van der Waals surface area contributed by atoms with Crippen molar-refractivity contribution in [3.8, 4) is 28.2 Å². The molecule has 1 aliphatic rings. The number of rotatable bonds is 3. The molecule has 0 unspecified atom stereocenters. The van der Waals surface area contributed by atoms with Gasteiger partial charge < -0.3 is 4.57 Å². The third kappa shape index (κ3) is 2.94. The number of imidazole rings is 1. The van der Waals surface area contributed by atoms with E-state index in [-0.39, 0.29) is 0 Å². The Labute approximate surface area is 198 Å². The van der Waals surface area contributed by atoms with Gasteiger partial charge in [0.2, 0.25) is 0 Å². The summed E-state index contributed by atoms with van der Waals surface area (Å²) < 4.78 is 4.67. The van der Waals surface area contributed by atoms with Crippen LogP contribution >= 0.6 is 0 Å². The van der Waals surface area contributed by atoms with Crippen molar-refractivity contribution in [3.05, 3.63) is 115 Å². The highest BCUT2D eigenvalue weighted by Gasteiger charge is 2.21. The lowest BCUT2D eigenvalue weighted by Crippen LogP contribution is -2.06. The second kappa shape index (κ2) is 7.74. The minimum absolute atomic E-state index is 0.964. The Balaban J connectivity index is 1.39. The van der Waals surface area contributed by atoms with Gasteiger partial charge in [-0.1, -0.05) is 66.7 Å². The van der Waals surface area contributed by atoms with Crippen LogP contribution in [0.15, 0.2) is 103 Å².